The minimum absolute atomic E-state index is 0.00127. The third-order valence-corrected chi connectivity index (χ3v) is 5.72. The van der Waals surface area contributed by atoms with Crippen LogP contribution < -0.4 is 5.32 Å². The lowest BCUT2D eigenvalue weighted by Gasteiger charge is -2.60. The molecular weight excluding hydrogens is 295 g/mol. The summed E-state index contributed by atoms with van der Waals surface area (Å²) < 4.78 is 7.79. The van der Waals surface area contributed by atoms with Crippen LogP contribution in [0.2, 0.25) is 0 Å². The Balaban J connectivity index is 1.46. The molecule has 0 radical (unpaired) electrons. The molecule has 1 N–H and O–H groups in total. The molecule has 1 atom stereocenters. The standard InChI is InChI=1S/C15H25BN4OS/c1-10(2)12-7-22-14(18-12)19-13-17-8-15(21-13)9-20(16)5-3-11(15)4-6-20/h7,10-11H,3-6,8-9H2,1-2,16H3,(H,17,18,19). The summed E-state index contributed by atoms with van der Waals surface area (Å²) in [6, 6.07) is 0.699. The number of anilines is 1. The number of hydrogen-bond donors (Lipinski definition) is 1. The maximum atomic E-state index is 6.39. The van der Waals surface area contributed by atoms with Gasteiger partial charge in [0.1, 0.15) is 0 Å². The van der Waals surface area contributed by atoms with Gasteiger partial charge >= 0.3 is 0 Å². The van der Waals surface area contributed by atoms with Crippen molar-refractivity contribution in [2.45, 2.75) is 38.2 Å². The molecule has 22 heavy (non-hydrogen) atoms. The lowest BCUT2D eigenvalue weighted by molar-refractivity contribution is -0.845. The predicted octanol–water partition coefficient (Wildman–Crippen LogP) is 1.32. The molecule has 7 heteroatoms. The van der Waals surface area contributed by atoms with Crippen LogP contribution in [-0.2, 0) is 4.74 Å². The molecule has 1 spiro atoms. The summed E-state index contributed by atoms with van der Waals surface area (Å²) in [4.78, 5) is 9.30. The molecule has 5 rings (SSSR count). The summed E-state index contributed by atoms with van der Waals surface area (Å²) in [5.74, 6) is 1.17. The van der Waals surface area contributed by atoms with E-state index in [1.807, 2.05) is 0 Å². The number of hydrogen-bond acceptors (Lipinski definition) is 5. The van der Waals surface area contributed by atoms with Gasteiger partial charge in [0, 0.05) is 24.4 Å². The number of quaternary nitrogens is 1. The molecular formula is C15H25BN4OS. The molecule has 1 aromatic rings. The van der Waals surface area contributed by atoms with E-state index in [1.165, 1.54) is 36.9 Å². The van der Waals surface area contributed by atoms with E-state index in [1.54, 1.807) is 11.3 Å². The number of thiazole rings is 1. The van der Waals surface area contributed by atoms with Crippen molar-refractivity contribution in [3.8, 4) is 0 Å². The average Bonchev–Trinajstić information content (AvgIpc) is 3.08. The Morgan fingerprint density at radius 3 is 2.86 bits per heavy atom. The molecule has 5 heterocycles. The van der Waals surface area contributed by atoms with E-state index >= 15 is 0 Å². The normalized spacial score (nSPS) is 36.7. The van der Waals surface area contributed by atoms with Crippen molar-refractivity contribution in [1.29, 1.82) is 0 Å². The molecule has 0 saturated carbocycles. The lowest BCUT2D eigenvalue weighted by atomic mass is 9.72. The van der Waals surface area contributed by atoms with Crippen molar-refractivity contribution in [2.24, 2.45) is 10.9 Å². The summed E-state index contributed by atoms with van der Waals surface area (Å²) in [6.45, 7) is 9.20. The first-order valence-electron chi connectivity index (χ1n) is 7.83. The van der Waals surface area contributed by atoms with Crippen LogP contribution in [0.5, 0.6) is 0 Å². The third kappa shape index (κ3) is 2.34. The first kappa shape index (κ1) is 14.5. The summed E-state index contributed by atoms with van der Waals surface area (Å²) in [7, 11) is 0.313. The molecule has 3 fully saturated rings. The van der Waals surface area contributed by atoms with Gasteiger partial charge in [-0.3, -0.25) is 5.32 Å². The molecule has 3 saturated heterocycles. The summed E-state index contributed by atoms with van der Waals surface area (Å²) in [5.41, 5.74) is 1.14. The minimum Gasteiger partial charge on any atom is -0.519 e. The number of nitrogens with one attached hydrogen (secondary N) is 1. The van der Waals surface area contributed by atoms with Gasteiger partial charge in [0.15, 0.2) is 18.7 Å². The SMILES string of the molecule is [BH3-][N+]12CCC(CC1)C1(CN=C(Nc3nc(C(C)C)cs3)O1)C2. The Hall–Kier alpha value is -1.08. The second-order valence-corrected chi connectivity index (χ2v) is 7.55. The summed E-state index contributed by atoms with van der Waals surface area (Å²) >= 11 is 1.64. The second-order valence-electron chi connectivity index (χ2n) is 6.70. The Morgan fingerprint density at radius 1 is 1.45 bits per heavy atom. The van der Waals surface area contributed by atoms with Crippen molar-refractivity contribution in [2.75, 3.05) is 31.5 Å². The van der Waals surface area contributed by atoms with Gasteiger partial charge in [-0.05, 0) is 18.8 Å². The van der Waals surface area contributed by atoms with Crippen molar-refractivity contribution in [3.05, 3.63) is 11.1 Å². The Morgan fingerprint density at radius 2 is 2.23 bits per heavy atom. The zero-order valence-electron chi connectivity index (χ0n) is 12.6. The number of nitrogens with zero attached hydrogens (tertiary/aromatic N) is 3. The van der Waals surface area contributed by atoms with Crippen molar-refractivity contribution in [3.63, 3.8) is 0 Å². The number of ether oxygens (including phenoxy) is 1. The quantitative estimate of drug-likeness (QED) is 0.836. The van der Waals surface area contributed by atoms with Crippen LogP contribution in [0, 0.1) is 5.92 Å². The highest BCUT2D eigenvalue weighted by Crippen LogP contribution is 2.43. The Bertz CT molecular complexity index is 608. The largest absolute Gasteiger partial charge is 0.519 e. The predicted molar refractivity (Wildman–Crippen MR) is 93.5 cm³/mol. The highest BCUT2D eigenvalue weighted by molar-refractivity contribution is 7.13. The average molecular weight is 320 g/mol. The van der Waals surface area contributed by atoms with E-state index in [0.29, 0.717) is 25.8 Å². The van der Waals surface area contributed by atoms with Gasteiger partial charge < -0.3 is 9.13 Å². The third-order valence-electron chi connectivity index (χ3n) is 4.94. The monoisotopic (exact) mass is 320 g/mol. The van der Waals surface area contributed by atoms with Gasteiger partial charge in [-0.1, -0.05) is 13.8 Å². The Kier molecular flexibility index (Phi) is 3.27. The molecule has 1 aromatic heterocycles. The first-order valence-corrected chi connectivity index (χ1v) is 8.71. The van der Waals surface area contributed by atoms with E-state index in [2.05, 4.69) is 34.5 Å². The van der Waals surface area contributed by atoms with Gasteiger partial charge in [-0.2, -0.15) is 0 Å². The number of rotatable bonds is 2. The van der Waals surface area contributed by atoms with Gasteiger partial charge in [-0.15, -0.1) is 11.3 Å². The number of amidine groups is 1. The van der Waals surface area contributed by atoms with Crippen LogP contribution in [-0.4, -0.2) is 55.2 Å². The first-order chi connectivity index (χ1) is 10.5. The topological polar surface area (TPSA) is 46.5 Å². The highest BCUT2D eigenvalue weighted by atomic mass is 32.1. The fraction of sp³-hybridized carbons (Fsp3) is 0.733. The van der Waals surface area contributed by atoms with E-state index in [0.717, 1.165) is 17.4 Å². The van der Waals surface area contributed by atoms with Crippen LogP contribution in [0.3, 0.4) is 0 Å². The van der Waals surface area contributed by atoms with Gasteiger partial charge in [0.25, 0.3) is 6.02 Å². The van der Waals surface area contributed by atoms with Crippen molar-refractivity contribution < 1.29 is 9.13 Å². The number of aromatic nitrogens is 1. The fourth-order valence-electron chi connectivity index (χ4n) is 3.65. The van der Waals surface area contributed by atoms with E-state index in [9.17, 15) is 0 Å². The van der Waals surface area contributed by atoms with E-state index < -0.39 is 0 Å². The van der Waals surface area contributed by atoms with Gasteiger partial charge in [0.2, 0.25) is 0 Å². The highest BCUT2D eigenvalue weighted by Gasteiger charge is 2.55. The minimum atomic E-state index is -0.00127. The second kappa shape index (κ2) is 4.96. The number of aliphatic imine (C=N–C) groups is 1. The Labute approximate surface area is 136 Å². The smallest absolute Gasteiger partial charge is 0.292 e. The van der Waals surface area contributed by atoms with E-state index in [4.69, 9.17) is 4.74 Å². The molecule has 1 unspecified atom stereocenters. The number of fused-ring (bicyclic) bond motifs is 2. The van der Waals surface area contributed by atoms with E-state index in [-0.39, 0.29) is 5.60 Å². The molecule has 5 nitrogen and oxygen atoms in total. The summed E-state index contributed by atoms with van der Waals surface area (Å²) in [5, 5.41) is 6.33. The van der Waals surface area contributed by atoms with Crippen LogP contribution in [0.25, 0.3) is 0 Å². The molecule has 4 aliphatic rings. The molecule has 4 aliphatic heterocycles. The maximum Gasteiger partial charge on any atom is 0.292 e. The van der Waals surface area contributed by atoms with Crippen molar-refractivity contribution >= 4 is 30.5 Å². The zero-order valence-corrected chi connectivity index (χ0v) is 13.4. The van der Waals surface area contributed by atoms with Crippen LogP contribution in [0.4, 0.5) is 5.13 Å². The zero-order chi connectivity index (χ0) is 15.4. The fourth-order valence-corrected chi connectivity index (χ4v) is 4.51. The van der Waals surface area contributed by atoms with Crippen LogP contribution >= 0.6 is 11.3 Å². The summed E-state index contributed by atoms with van der Waals surface area (Å²) in [6.07, 6.45) is 2.67. The molecule has 0 amide bonds. The van der Waals surface area contributed by atoms with Crippen LogP contribution in [0.15, 0.2) is 10.4 Å². The molecule has 2 bridgehead atoms. The van der Waals surface area contributed by atoms with Crippen LogP contribution in [0.1, 0.15) is 38.3 Å². The maximum absolute atomic E-state index is 6.39. The van der Waals surface area contributed by atoms with Gasteiger partial charge in [0.05, 0.1) is 18.8 Å². The lowest BCUT2D eigenvalue weighted by Crippen LogP contribution is -2.69. The van der Waals surface area contributed by atoms with Gasteiger partial charge in [-0.25, -0.2) is 9.98 Å². The van der Waals surface area contributed by atoms with Crippen molar-refractivity contribution in [1.82, 2.24) is 4.98 Å². The number of piperidine rings is 3. The molecule has 0 aromatic carbocycles. The molecule has 120 valence electrons. The molecule has 0 aliphatic carbocycles.